The second-order valence-electron chi connectivity index (χ2n) is 9.49. The van der Waals surface area contributed by atoms with Gasteiger partial charge in [0.2, 0.25) is 0 Å². The average molecular weight is 471 g/mol. The molecule has 9 nitrogen and oxygen atoms in total. The SMILES string of the molecule is Cc1nn(-c2cncc(F)c2)c(C)c1-c1cc([C@@]23CCOC[C@@H]2C3)nc2c(-c3ccn[nH]3)cnn12. The van der Waals surface area contributed by atoms with Crippen molar-refractivity contribution >= 4 is 5.65 Å². The molecule has 6 heterocycles. The Morgan fingerprint density at radius 3 is 2.91 bits per heavy atom. The summed E-state index contributed by atoms with van der Waals surface area (Å²) in [4.78, 5) is 9.16. The van der Waals surface area contributed by atoms with Crippen molar-refractivity contribution in [1.29, 1.82) is 0 Å². The smallest absolute Gasteiger partial charge is 0.165 e. The summed E-state index contributed by atoms with van der Waals surface area (Å²) in [5, 5.41) is 16.6. The van der Waals surface area contributed by atoms with Gasteiger partial charge in [-0.2, -0.15) is 15.3 Å². The molecule has 2 aliphatic rings. The van der Waals surface area contributed by atoms with E-state index in [1.54, 1.807) is 17.1 Å². The Labute approximate surface area is 200 Å². The van der Waals surface area contributed by atoms with Crippen molar-refractivity contribution in [1.82, 2.24) is 39.6 Å². The van der Waals surface area contributed by atoms with E-state index in [4.69, 9.17) is 19.9 Å². The molecule has 5 aromatic rings. The van der Waals surface area contributed by atoms with Crippen LogP contribution in [0.4, 0.5) is 4.39 Å². The molecule has 0 spiro atoms. The van der Waals surface area contributed by atoms with Gasteiger partial charge in [0, 0.05) is 29.8 Å². The number of aromatic nitrogens is 8. The summed E-state index contributed by atoms with van der Waals surface area (Å²) in [5.41, 5.74) is 7.76. The highest BCUT2D eigenvalue weighted by Gasteiger charge is 2.58. The summed E-state index contributed by atoms with van der Waals surface area (Å²) in [6, 6.07) is 5.51. The zero-order chi connectivity index (χ0) is 23.7. The van der Waals surface area contributed by atoms with E-state index in [0.29, 0.717) is 11.6 Å². The van der Waals surface area contributed by atoms with Crippen molar-refractivity contribution in [2.75, 3.05) is 13.2 Å². The van der Waals surface area contributed by atoms with E-state index in [1.807, 2.05) is 30.6 Å². The van der Waals surface area contributed by atoms with Crippen molar-refractivity contribution < 1.29 is 9.13 Å². The Morgan fingerprint density at radius 1 is 1.20 bits per heavy atom. The summed E-state index contributed by atoms with van der Waals surface area (Å²) < 4.78 is 23.3. The molecular formula is C25H23FN8O. The molecule has 0 bridgehead atoms. The number of halogens is 1. The Balaban J connectivity index is 1.47. The van der Waals surface area contributed by atoms with E-state index in [1.165, 1.54) is 12.3 Å². The monoisotopic (exact) mass is 470 g/mol. The molecule has 1 saturated heterocycles. The first-order valence-electron chi connectivity index (χ1n) is 11.7. The van der Waals surface area contributed by atoms with Crippen LogP contribution in [0.25, 0.3) is 33.8 Å². The fourth-order valence-electron chi connectivity index (χ4n) is 5.60. The molecule has 0 radical (unpaired) electrons. The standard InChI is InChI=1S/C25H23FN8O/c1-14-23(15(2)33(32-14)18-7-17(26)10-27-11-18)21-8-22(25-4-6-35-13-16(25)9-25)30-24-19(12-29-34(21)24)20-3-5-28-31-20/h3,5,7-8,10-12,16H,4,6,9,13H2,1-2H3,(H,28,31)/t16-,25+/m0/s1. The molecule has 5 aromatic heterocycles. The Bertz CT molecular complexity index is 1590. The summed E-state index contributed by atoms with van der Waals surface area (Å²) in [6.07, 6.45) is 8.38. The van der Waals surface area contributed by atoms with Crippen LogP contribution in [0.2, 0.25) is 0 Å². The maximum Gasteiger partial charge on any atom is 0.165 e. The fraction of sp³-hybridized carbons (Fsp3) is 0.320. The van der Waals surface area contributed by atoms with Crippen molar-refractivity contribution in [2.24, 2.45) is 5.92 Å². The number of nitrogens with zero attached hydrogens (tertiary/aromatic N) is 7. The maximum absolute atomic E-state index is 13.9. The maximum atomic E-state index is 13.9. The first kappa shape index (κ1) is 20.5. The lowest BCUT2D eigenvalue weighted by molar-refractivity contribution is 0.0795. The highest BCUT2D eigenvalue weighted by Crippen LogP contribution is 2.58. The van der Waals surface area contributed by atoms with Gasteiger partial charge < -0.3 is 4.74 Å². The molecule has 7 rings (SSSR count). The van der Waals surface area contributed by atoms with Crippen LogP contribution in [0, 0.1) is 25.6 Å². The number of hydrogen-bond donors (Lipinski definition) is 1. The van der Waals surface area contributed by atoms with Crippen molar-refractivity contribution in [2.45, 2.75) is 32.1 Å². The second-order valence-corrected chi connectivity index (χ2v) is 9.49. The Morgan fingerprint density at radius 2 is 2.11 bits per heavy atom. The quantitative estimate of drug-likeness (QED) is 0.429. The normalized spacial score (nSPS) is 21.4. The van der Waals surface area contributed by atoms with E-state index in [-0.39, 0.29) is 5.41 Å². The molecular weight excluding hydrogens is 447 g/mol. The predicted molar refractivity (Wildman–Crippen MR) is 126 cm³/mol. The van der Waals surface area contributed by atoms with Gasteiger partial charge in [0.05, 0.1) is 64.9 Å². The zero-order valence-corrected chi connectivity index (χ0v) is 19.4. The number of pyridine rings is 1. The van der Waals surface area contributed by atoms with Crippen LogP contribution in [-0.4, -0.2) is 52.8 Å². The largest absolute Gasteiger partial charge is 0.381 e. The number of aromatic amines is 1. The van der Waals surface area contributed by atoms with E-state index >= 15 is 0 Å². The topological polar surface area (TPSA) is 98.8 Å². The van der Waals surface area contributed by atoms with Gasteiger partial charge in [-0.05, 0) is 44.7 Å². The molecule has 1 aliphatic carbocycles. The number of H-pyrrole nitrogens is 1. The summed E-state index contributed by atoms with van der Waals surface area (Å²) >= 11 is 0. The molecule has 35 heavy (non-hydrogen) atoms. The number of hydrogen-bond acceptors (Lipinski definition) is 6. The third-order valence-electron chi connectivity index (χ3n) is 7.50. The van der Waals surface area contributed by atoms with Crippen molar-refractivity contribution in [3.8, 4) is 28.2 Å². The van der Waals surface area contributed by atoms with Crippen LogP contribution in [0.5, 0.6) is 0 Å². The number of aryl methyl sites for hydroxylation is 1. The van der Waals surface area contributed by atoms with Gasteiger partial charge in [-0.25, -0.2) is 18.6 Å². The molecule has 1 aliphatic heterocycles. The van der Waals surface area contributed by atoms with Crippen LogP contribution in [-0.2, 0) is 10.2 Å². The Kier molecular flexibility index (Phi) is 4.26. The molecule has 1 N–H and O–H groups in total. The molecule has 2 atom stereocenters. The van der Waals surface area contributed by atoms with Gasteiger partial charge in [-0.1, -0.05) is 0 Å². The zero-order valence-electron chi connectivity index (χ0n) is 19.4. The summed E-state index contributed by atoms with van der Waals surface area (Å²) in [7, 11) is 0. The highest BCUT2D eigenvalue weighted by atomic mass is 19.1. The molecule has 0 aromatic carbocycles. The van der Waals surface area contributed by atoms with Crippen LogP contribution < -0.4 is 0 Å². The number of fused-ring (bicyclic) bond motifs is 2. The molecule has 0 amide bonds. The van der Waals surface area contributed by atoms with Gasteiger partial charge in [-0.3, -0.25) is 10.1 Å². The summed E-state index contributed by atoms with van der Waals surface area (Å²) in [5.74, 6) is 0.0840. The molecule has 10 heteroatoms. The number of rotatable bonds is 4. The van der Waals surface area contributed by atoms with E-state index in [9.17, 15) is 4.39 Å². The minimum atomic E-state index is -0.403. The molecule has 0 unspecified atom stereocenters. The third kappa shape index (κ3) is 2.99. The highest BCUT2D eigenvalue weighted by molar-refractivity contribution is 5.78. The van der Waals surface area contributed by atoms with Crippen LogP contribution in [0.3, 0.4) is 0 Å². The van der Waals surface area contributed by atoms with Crippen LogP contribution in [0.15, 0.2) is 43.0 Å². The van der Waals surface area contributed by atoms with Gasteiger partial charge >= 0.3 is 0 Å². The fourth-order valence-corrected chi connectivity index (χ4v) is 5.60. The summed E-state index contributed by atoms with van der Waals surface area (Å²) in [6.45, 7) is 5.47. The van der Waals surface area contributed by atoms with E-state index in [0.717, 1.165) is 71.3 Å². The lowest BCUT2D eigenvalue weighted by Crippen LogP contribution is -2.23. The van der Waals surface area contributed by atoms with E-state index in [2.05, 4.69) is 21.2 Å². The van der Waals surface area contributed by atoms with E-state index < -0.39 is 5.82 Å². The predicted octanol–water partition coefficient (Wildman–Crippen LogP) is 3.80. The minimum absolute atomic E-state index is 0.0363. The van der Waals surface area contributed by atoms with Crippen molar-refractivity contribution in [3.05, 3.63) is 65.9 Å². The molecule has 176 valence electrons. The second kappa shape index (κ2) is 7.29. The number of nitrogens with one attached hydrogen (secondary N) is 1. The average Bonchev–Trinajstić information content (AvgIpc) is 3.15. The molecule has 1 saturated carbocycles. The lowest BCUT2D eigenvalue weighted by atomic mass is 9.92. The van der Waals surface area contributed by atoms with Gasteiger partial charge in [0.25, 0.3) is 0 Å². The number of ether oxygens (including phenoxy) is 1. The van der Waals surface area contributed by atoms with Crippen molar-refractivity contribution in [3.63, 3.8) is 0 Å². The minimum Gasteiger partial charge on any atom is -0.381 e. The first-order valence-corrected chi connectivity index (χ1v) is 11.7. The molecule has 2 fully saturated rings. The third-order valence-corrected chi connectivity index (χ3v) is 7.50. The van der Waals surface area contributed by atoms with Crippen LogP contribution in [0.1, 0.15) is 29.9 Å². The van der Waals surface area contributed by atoms with Crippen LogP contribution >= 0.6 is 0 Å². The Hall–Kier alpha value is -3.92. The lowest BCUT2D eigenvalue weighted by Gasteiger charge is -2.23. The van der Waals surface area contributed by atoms with Gasteiger partial charge in [0.15, 0.2) is 5.65 Å². The first-order chi connectivity index (χ1) is 17.0. The van der Waals surface area contributed by atoms with Gasteiger partial charge in [0.1, 0.15) is 5.82 Å². The van der Waals surface area contributed by atoms with Gasteiger partial charge in [-0.15, -0.1) is 0 Å².